The Kier molecular flexibility index (Phi) is 4.63. The highest BCUT2D eigenvalue weighted by Gasteiger charge is 2.26. The lowest BCUT2D eigenvalue weighted by atomic mass is 9.83. The first-order valence-corrected chi connectivity index (χ1v) is 8.66. The summed E-state index contributed by atoms with van der Waals surface area (Å²) in [4.78, 5) is 0.466. The van der Waals surface area contributed by atoms with Gasteiger partial charge in [0.25, 0.3) is 0 Å². The summed E-state index contributed by atoms with van der Waals surface area (Å²) >= 11 is 0. The third-order valence-electron chi connectivity index (χ3n) is 4.10. The van der Waals surface area contributed by atoms with Crippen LogP contribution in [0.4, 0.5) is 0 Å². The Morgan fingerprint density at radius 1 is 1.16 bits per heavy atom. The highest BCUT2D eigenvalue weighted by atomic mass is 32.2. The summed E-state index contributed by atoms with van der Waals surface area (Å²) in [6, 6.07) is 7.20. The van der Waals surface area contributed by atoms with Crippen molar-refractivity contribution in [3.05, 3.63) is 29.8 Å². The van der Waals surface area contributed by atoms with Gasteiger partial charge in [-0.2, -0.15) is 0 Å². The molecule has 0 heterocycles. The molecule has 0 aromatic heterocycles. The summed E-state index contributed by atoms with van der Waals surface area (Å²) in [6.07, 6.45) is 4.13. The van der Waals surface area contributed by atoms with Crippen molar-refractivity contribution in [2.45, 2.75) is 37.5 Å². The number of sulfone groups is 1. The maximum atomic E-state index is 12.4. The minimum atomic E-state index is -3.14. The van der Waals surface area contributed by atoms with E-state index in [9.17, 15) is 8.42 Å². The van der Waals surface area contributed by atoms with Crippen LogP contribution in [-0.2, 0) is 9.84 Å². The van der Waals surface area contributed by atoms with Crippen LogP contribution >= 0.6 is 0 Å². The van der Waals surface area contributed by atoms with Crippen LogP contribution < -0.4 is 5.73 Å². The van der Waals surface area contributed by atoms with Crippen molar-refractivity contribution in [3.8, 4) is 0 Å². The standard InChI is InChI=1S/C15H23NO2S/c1-12-3-2-4-15(9-12)19(17,18)11-14-7-5-13(10-16)6-8-14/h2-4,9,13-14H,5-8,10-11,16H2,1H3. The Hall–Kier alpha value is -0.870. The van der Waals surface area contributed by atoms with E-state index in [4.69, 9.17) is 5.73 Å². The van der Waals surface area contributed by atoms with Gasteiger partial charge in [-0.1, -0.05) is 12.1 Å². The summed E-state index contributed by atoms with van der Waals surface area (Å²) in [7, 11) is -3.14. The molecule has 0 aliphatic heterocycles. The molecular formula is C15H23NO2S. The Morgan fingerprint density at radius 2 is 1.79 bits per heavy atom. The van der Waals surface area contributed by atoms with Crippen molar-refractivity contribution in [1.29, 1.82) is 0 Å². The molecule has 4 heteroatoms. The van der Waals surface area contributed by atoms with E-state index in [0.717, 1.165) is 37.8 Å². The molecule has 3 nitrogen and oxygen atoms in total. The van der Waals surface area contributed by atoms with Gasteiger partial charge in [0.05, 0.1) is 10.6 Å². The quantitative estimate of drug-likeness (QED) is 0.922. The molecular weight excluding hydrogens is 258 g/mol. The number of hydrogen-bond acceptors (Lipinski definition) is 3. The van der Waals surface area contributed by atoms with E-state index < -0.39 is 9.84 Å². The predicted molar refractivity (Wildman–Crippen MR) is 77.7 cm³/mol. The average Bonchev–Trinajstić information content (AvgIpc) is 2.39. The molecule has 1 saturated carbocycles. The van der Waals surface area contributed by atoms with Crippen molar-refractivity contribution >= 4 is 9.84 Å². The minimum absolute atomic E-state index is 0.285. The van der Waals surface area contributed by atoms with Crippen LogP contribution in [-0.4, -0.2) is 20.7 Å². The molecule has 1 aromatic carbocycles. The third kappa shape index (κ3) is 3.80. The summed E-state index contributed by atoms with van der Waals surface area (Å²) in [5.74, 6) is 1.18. The number of hydrogen-bond donors (Lipinski definition) is 1. The van der Waals surface area contributed by atoms with Gasteiger partial charge in [0.2, 0.25) is 0 Å². The lowest BCUT2D eigenvalue weighted by Gasteiger charge is -2.27. The monoisotopic (exact) mass is 281 g/mol. The zero-order valence-corrected chi connectivity index (χ0v) is 12.3. The molecule has 1 aliphatic rings. The molecule has 0 atom stereocenters. The number of nitrogens with two attached hydrogens (primary N) is 1. The Balaban J connectivity index is 2.02. The summed E-state index contributed by atoms with van der Waals surface area (Å²) in [5.41, 5.74) is 6.66. The van der Waals surface area contributed by atoms with E-state index in [-0.39, 0.29) is 5.75 Å². The van der Waals surface area contributed by atoms with E-state index in [2.05, 4.69) is 0 Å². The molecule has 1 fully saturated rings. The summed E-state index contributed by atoms with van der Waals surface area (Å²) in [6.45, 7) is 2.66. The molecule has 0 radical (unpaired) electrons. The van der Waals surface area contributed by atoms with Crippen LogP contribution in [0.3, 0.4) is 0 Å². The maximum Gasteiger partial charge on any atom is 0.178 e. The molecule has 106 valence electrons. The molecule has 0 amide bonds. The van der Waals surface area contributed by atoms with Gasteiger partial charge < -0.3 is 5.73 Å². The van der Waals surface area contributed by atoms with Crippen LogP contribution in [0.25, 0.3) is 0 Å². The number of benzene rings is 1. The van der Waals surface area contributed by atoms with Gasteiger partial charge in [0.15, 0.2) is 9.84 Å². The zero-order chi connectivity index (χ0) is 13.9. The van der Waals surface area contributed by atoms with Gasteiger partial charge in [-0.3, -0.25) is 0 Å². The lowest BCUT2D eigenvalue weighted by Crippen LogP contribution is -2.25. The van der Waals surface area contributed by atoms with E-state index in [0.29, 0.717) is 16.7 Å². The van der Waals surface area contributed by atoms with E-state index in [1.54, 1.807) is 12.1 Å². The molecule has 0 unspecified atom stereocenters. The van der Waals surface area contributed by atoms with Gasteiger partial charge in [0.1, 0.15) is 0 Å². The number of aryl methyl sites for hydroxylation is 1. The van der Waals surface area contributed by atoms with Crippen LogP contribution in [0.1, 0.15) is 31.2 Å². The van der Waals surface area contributed by atoms with Crippen molar-refractivity contribution < 1.29 is 8.42 Å². The van der Waals surface area contributed by atoms with Crippen molar-refractivity contribution in [3.63, 3.8) is 0 Å². The molecule has 0 spiro atoms. The Morgan fingerprint density at radius 3 is 2.37 bits per heavy atom. The molecule has 0 bridgehead atoms. The molecule has 1 aliphatic carbocycles. The second kappa shape index (κ2) is 6.06. The SMILES string of the molecule is Cc1cccc(S(=O)(=O)CC2CCC(CN)CC2)c1. The van der Waals surface area contributed by atoms with Crippen molar-refractivity contribution in [1.82, 2.24) is 0 Å². The van der Waals surface area contributed by atoms with E-state index in [1.807, 2.05) is 19.1 Å². The van der Waals surface area contributed by atoms with Crippen molar-refractivity contribution in [2.75, 3.05) is 12.3 Å². The molecule has 2 rings (SSSR count). The van der Waals surface area contributed by atoms with E-state index in [1.165, 1.54) is 0 Å². The van der Waals surface area contributed by atoms with Gasteiger partial charge in [-0.25, -0.2) is 8.42 Å². The van der Waals surface area contributed by atoms with Crippen LogP contribution in [0.15, 0.2) is 29.2 Å². The molecule has 2 N–H and O–H groups in total. The van der Waals surface area contributed by atoms with Gasteiger partial charge >= 0.3 is 0 Å². The summed E-state index contributed by atoms with van der Waals surface area (Å²) < 4.78 is 24.8. The first kappa shape index (κ1) is 14.5. The second-order valence-electron chi connectivity index (χ2n) is 5.72. The fourth-order valence-corrected chi connectivity index (χ4v) is 4.65. The lowest BCUT2D eigenvalue weighted by molar-refractivity contribution is 0.297. The largest absolute Gasteiger partial charge is 0.330 e. The Labute approximate surface area is 116 Å². The maximum absolute atomic E-state index is 12.4. The molecule has 19 heavy (non-hydrogen) atoms. The first-order valence-electron chi connectivity index (χ1n) is 7.01. The summed E-state index contributed by atoms with van der Waals surface area (Å²) in [5, 5.41) is 0. The predicted octanol–water partition coefficient (Wildman–Crippen LogP) is 2.53. The molecule has 1 aromatic rings. The normalized spacial score (nSPS) is 24.3. The van der Waals surface area contributed by atoms with E-state index >= 15 is 0 Å². The third-order valence-corrected chi connectivity index (χ3v) is 5.99. The highest BCUT2D eigenvalue weighted by Crippen LogP contribution is 2.30. The Bertz CT molecular complexity index is 517. The topological polar surface area (TPSA) is 60.2 Å². The number of rotatable bonds is 4. The zero-order valence-electron chi connectivity index (χ0n) is 11.5. The smallest absolute Gasteiger partial charge is 0.178 e. The minimum Gasteiger partial charge on any atom is -0.330 e. The van der Waals surface area contributed by atoms with Gasteiger partial charge in [-0.15, -0.1) is 0 Å². The first-order chi connectivity index (χ1) is 9.01. The fraction of sp³-hybridized carbons (Fsp3) is 0.600. The van der Waals surface area contributed by atoms with Crippen LogP contribution in [0.2, 0.25) is 0 Å². The fourth-order valence-electron chi connectivity index (χ4n) is 2.85. The highest BCUT2D eigenvalue weighted by molar-refractivity contribution is 7.91. The second-order valence-corrected chi connectivity index (χ2v) is 7.75. The van der Waals surface area contributed by atoms with Gasteiger partial charge in [-0.05, 0) is 68.7 Å². The molecule has 0 saturated heterocycles. The van der Waals surface area contributed by atoms with Crippen LogP contribution in [0.5, 0.6) is 0 Å². The van der Waals surface area contributed by atoms with Gasteiger partial charge in [0, 0.05) is 0 Å². The average molecular weight is 281 g/mol. The van der Waals surface area contributed by atoms with Crippen LogP contribution in [0, 0.1) is 18.8 Å². The van der Waals surface area contributed by atoms with Crippen molar-refractivity contribution in [2.24, 2.45) is 17.6 Å².